The number of nitrogens with zero attached hydrogens (tertiary/aromatic N) is 4. The lowest BCUT2D eigenvalue weighted by Gasteiger charge is -2.34. The molecular weight excluding hydrogens is 416 g/mol. The van der Waals surface area contributed by atoms with Gasteiger partial charge in [-0.1, -0.05) is 18.2 Å². The van der Waals surface area contributed by atoms with Crippen molar-refractivity contribution in [2.24, 2.45) is 0 Å². The van der Waals surface area contributed by atoms with E-state index in [1.54, 1.807) is 44.6 Å². The maximum Gasteiger partial charge on any atom is 0.243 e. The summed E-state index contributed by atoms with van der Waals surface area (Å²) in [5.41, 5.74) is 1.59. The molecule has 31 heavy (non-hydrogen) atoms. The van der Waals surface area contributed by atoms with Crippen LogP contribution in [0.1, 0.15) is 0 Å². The molecule has 1 aliphatic heterocycles. The smallest absolute Gasteiger partial charge is 0.243 e. The van der Waals surface area contributed by atoms with Gasteiger partial charge in [-0.25, -0.2) is 8.42 Å². The Bertz CT molecular complexity index is 1130. The van der Waals surface area contributed by atoms with E-state index in [2.05, 4.69) is 10.2 Å². The van der Waals surface area contributed by atoms with Gasteiger partial charge in [0, 0.05) is 31.7 Å². The molecule has 8 nitrogen and oxygen atoms in total. The lowest BCUT2D eigenvalue weighted by molar-refractivity contribution is 0.355. The van der Waals surface area contributed by atoms with E-state index in [0.717, 1.165) is 17.1 Å². The molecule has 0 atom stereocenters. The van der Waals surface area contributed by atoms with E-state index in [0.29, 0.717) is 42.6 Å². The maximum absolute atomic E-state index is 12.8. The van der Waals surface area contributed by atoms with Gasteiger partial charge >= 0.3 is 0 Å². The van der Waals surface area contributed by atoms with Gasteiger partial charge in [0.25, 0.3) is 0 Å². The van der Waals surface area contributed by atoms with E-state index < -0.39 is 10.0 Å². The Morgan fingerprint density at radius 1 is 0.806 bits per heavy atom. The van der Waals surface area contributed by atoms with Crippen LogP contribution in [0.3, 0.4) is 0 Å². The van der Waals surface area contributed by atoms with Crippen molar-refractivity contribution in [1.82, 2.24) is 14.5 Å². The summed E-state index contributed by atoms with van der Waals surface area (Å²) in [6, 6.07) is 17.9. The van der Waals surface area contributed by atoms with Gasteiger partial charge in [-0.3, -0.25) is 0 Å². The third-order valence-electron chi connectivity index (χ3n) is 5.27. The lowest BCUT2D eigenvalue weighted by Crippen LogP contribution is -2.48. The molecule has 2 heterocycles. The molecule has 1 fully saturated rings. The summed E-state index contributed by atoms with van der Waals surface area (Å²) < 4.78 is 37.7. The predicted molar refractivity (Wildman–Crippen MR) is 118 cm³/mol. The molecule has 0 unspecified atom stereocenters. The van der Waals surface area contributed by atoms with Crippen molar-refractivity contribution in [2.75, 3.05) is 45.3 Å². The van der Waals surface area contributed by atoms with Crippen molar-refractivity contribution < 1.29 is 17.9 Å². The van der Waals surface area contributed by atoms with Crippen LogP contribution < -0.4 is 14.4 Å². The molecule has 1 aliphatic rings. The number of piperazine rings is 1. The third-order valence-corrected chi connectivity index (χ3v) is 7.19. The number of rotatable bonds is 6. The first kappa shape index (κ1) is 21.1. The predicted octanol–water partition coefficient (Wildman–Crippen LogP) is 2.67. The fourth-order valence-corrected chi connectivity index (χ4v) is 4.99. The summed E-state index contributed by atoms with van der Waals surface area (Å²) in [5.74, 6) is 2.00. The molecule has 162 valence electrons. The zero-order chi connectivity index (χ0) is 21.8. The number of anilines is 1. The molecule has 0 aliphatic carbocycles. The molecule has 0 spiro atoms. The molecule has 0 radical (unpaired) electrons. The Kier molecular flexibility index (Phi) is 6.06. The average molecular weight is 441 g/mol. The van der Waals surface area contributed by atoms with Crippen molar-refractivity contribution >= 4 is 15.8 Å². The topological polar surface area (TPSA) is 84.9 Å². The van der Waals surface area contributed by atoms with E-state index >= 15 is 0 Å². The standard InChI is InChI=1S/C22H24N4O4S/c1-29-20-10-8-17(16-21(20)30-2)19-9-11-22(24-23-19)25-12-14-26(15-13-25)31(27,28)18-6-4-3-5-7-18/h3-11,16H,12-15H2,1-2H3. The van der Waals surface area contributed by atoms with Crippen molar-refractivity contribution in [2.45, 2.75) is 4.90 Å². The number of aromatic nitrogens is 2. The largest absolute Gasteiger partial charge is 0.493 e. The average Bonchev–Trinajstić information content (AvgIpc) is 2.84. The number of methoxy groups -OCH3 is 2. The van der Waals surface area contributed by atoms with Gasteiger partial charge < -0.3 is 14.4 Å². The van der Waals surface area contributed by atoms with Gasteiger partial charge in [-0.05, 0) is 42.5 Å². The molecule has 1 saturated heterocycles. The Morgan fingerprint density at radius 3 is 2.13 bits per heavy atom. The van der Waals surface area contributed by atoms with E-state index in [1.807, 2.05) is 35.2 Å². The van der Waals surface area contributed by atoms with Gasteiger partial charge in [0.2, 0.25) is 10.0 Å². The van der Waals surface area contributed by atoms with E-state index in [-0.39, 0.29) is 0 Å². The van der Waals surface area contributed by atoms with Crippen molar-refractivity contribution in [1.29, 1.82) is 0 Å². The van der Waals surface area contributed by atoms with Crippen LogP contribution >= 0.6 is 0 Å². The number of ether oxygens (including phenoxy) is 2. The van der Waals surface area contributed by atoms with E-state index in [1.165, 1.54) is 4.31 Å². The molecule has 0 saturated carbocycles. The SMILES string of the molecule is COc1ccc(-c2ccc(N3CCN(S(=O)(=O)c4ccccc4)CC3)nn2)cc1OC. The summed E-state index contributed by atoms with van der Waals surface area (Å²) in [6.45, 7) is 1.90. The minimum Gasteiger partial charge on any atom is -0.493 e. The Labute approximate surface area is 182 Å². The highest BCUT2D eigenvalue weighted by Gasteiger charge is 2.28. The minimum atomic E-state index is -3.47. The number of benzene rings is 2. The van der Waals surface area contributed by atoms with Crippen LogP contribution in [0.2, 0.25) is 0 Å². The minimum absolute atomic E-state index is 0.322. The van der Waals surface area contributed by atoms with Crippen molar-refractivity contribution in [3.8, 4) is 22.8 Å². The molecule has 0 amide bonds. The summed E-state index contributed by atoms with van der Waals surface area (Å²) in [5, 5.41) is 8.71. The molecule has 0 N–H and O–H groups in total. The first-order valence-corrected chi connectivity index (χ1v) is 11.3. The molecule has 4 rings (SSSR count). The van der Waals surface area contributed by atoms with Crippen LogP contribution in [0.5, 0.6) is 11.5 Å². The van der Waals surface area contributed by atoms with Gasteiger partial charge in [-0.15, -0.1) is 10.2 Å². The van der Waals surface area contributed by atoms with Crippen molar-refractivity contribution in [3.63, 3.8) is 0 Å². The highest BCUT2D eigenvalue weighted by atomic mass is 32.2. The quantitative estimate of drug-likeness (QED) is 0.583. The number of hydrogen-bond acceptors (Lipinski definition) is 7. The number of sulfonamides is 1. The van der Waals surface area contributed by atoms with Gasteiger partial charge in [0.05, 0.1) is 24.8 Å². The zero-order valence-corrected chi connectivity index (χ0v) is 18.2. The van der Waals surface area contributed by atoms with Gasteiger partial charge in [-0.2, -0.15) is 4.31 Å². The molecule has 2 aromatic carbocycles. The third kappa shape index (κ3) is 4.33. The summed E-state index contributed by atoms with van der Waals surface area (Å²) >= 11 is 0. The molecule has 1 aromatic heterocycles. The fourth-order valence-electron chi connectivity index (χ4n) is 3.54. The van der Waals surface area contributed by atoms with Crippen molar-refractivity contribution in [3.05, 3.63) is 60.7 Å². The second-order valence-electron chi connectivity index (χ2n) is 7.05. The monoisotopic (exact) mass is 440 g/mol. The summed E-state index contributed by atoms with van der Waals surface area (Å²) in [6.07, 6.45) is 0. The highest BCUT2D eigenvalue weighted by molar-refractivity contribution is 7.89. The summed E-state index contributed by atoms with van der Waals surface area (Å²) in [7, 11) is -0.289. The Hall–Kier alpha value is -3.17. The lowest BCUT2D eigenvalue weighted by atomic mass is 10.1. The first-order chi connectivity index (χ1) is 15.0. The molecule has 3 aromatic rings. The Morgan fingerprint density at radius 2 is 1.52 bits per heavy atom. The zero-order valence-electron chi connectivity index (χ0n) is 17.4. The van der Waals surface area contributed by atoms with Crippen LogP contribution in [-0.2, 0) is 10.0 Å². The van der Waals surface area contributed by atoms with Gasteiger partial charge in [0.15, 0.2) is 17.3 Å². The summed E-state index contributed by atoms with van der Waals surface area (Å²) in [4.78, 5) is 2.37. The van der Waals surface area contributed by atoms with Crippen LogP contribution in [-0.4, -0.2) is 63.3 Å². The molecular formula is C22H24N4O4S. The van der Waals surface area contributed by atoms with E-state index in [9.17, 15) is 8.42 Å². The van der Waals surface area contributed by atoms with Gasteiger partial charge in [0.1, 0.15) is 0 Å². The normalized spacial score (nSPS) is 15.0. The van der Waals surface area contributed by atoms with Crippen LogP contribution in [0.25, 0.3) is 11.3 Å². The first-order valence-electron chi connectivity index (χ1n) is 9.89. The molecule has 0 bridgehead atoms. The Balaban J connectivity index is 1.44. The van der Waals surface area contributed by atoms with Crippen LogP contribution in [0, 0.1) is 0 Å². The highest BCUT2D eigenvalue weighted by Crippen LogP contribution is 2.31. The van der Waals surface area contributed by atoms with Crippen LogP contribution in [0.15, 0.2) is 65.6 Å². The molecule has 9 heteroatoms. The fraction of sp³-hybridized carbons (Fsp3) is 0.273. The van der Waals surface area contributed by atoms with Crippen LogP contribution in [0.4, 0.5) is 5.82 Å². The second kappa shape index (κ2) is 8.91. The second-order valence-corrected chi connectivity index (χ2v) is 8.99. The number of hydrogen-bond donors (Lipinski definition) is 0. The maximum atomic E-state index is 12.8. The van der Waals surface area contributed by atoms with E-state index in [4.69, 9.17) is 9.47 Å².